The van der Waals surface area contributed by atoms with Crippen LogP contribution in [0.5, 0.6) is 0 Å². The highest BCUT2D eigenvalue weighted by Crippen LogP contribution is 2.13. The van der Waals surface area contributed by atoms with Crippen LogP contribution < -0.4 is 5.32 Å². The predicted molar refractivity (Wildman–Crippen MR) is 67.2 cm³/mol. The average molecular weight is 247 g/mol. The van der Waals surface area contributed by atoms with Crippen LogP contribution in [-0.2, 0) is 6.54 Å². The standard InChI is InChI=1S/C12H17N5O/c1-7(2)12-14-8(3)5-10(16-12)13-6-11-15-9(4)18-17-11/h5,7H,6H2,1-4H3,(H,13,14,16). The molecule has 1 N–H and O–H groups in total. The fourth-order valence-electron chi connectivity index (χ4n) is 1.52. The number of nitrogens with zero attached hydrogens (tertiary/aromatic N) is 4. The Labute approximate surface area is 106 Å². The maximum Gasteiger partial charge on any atom is 0.223 e. The van der Waals surface area contributed by atoms with Gasteiger partial charge < -0.3 is 9.84 Å². The van der Waals surface area contributed by atoms with E-state index in [9.17, 15) is 0 Å². The van der Waals surface area contributed by atoms with Crippen LogP contribution >= 0.6 is 0 Å². The number of rotatable bonds is 4. The highest BCUT2D eigenvalue weighted by Gasteiger charge is 2.07. The molecule has 2 rings (SSSR count). The van der Waals surface area contributed by atoms with E-state index in [1.54, 1.807) is 6.92 Å². The van der Waals surface area contributed by atoms with E-state index in [2.05, 4.69) is 39.3 Å². The first-order chi connectivity index (χ1) is 8.54. The van der Waals surface area contributed by atoms with Gasteiger partial charge in [0.25, 0.3) is 0 Å². The fraction of sp³-hybridized carbons (Fsp3) is 0.500. The Morgan fingerprint density at radius 2 is 2.00 bits per heavy atom. The molecule has 0 aliphatic heterocycles. The third-order valence-electron chi connectivity index (χ3n) is 2.39. The number of anilines is 1. The van der Waals surface area contributed by atoms with Crippen molar-refractivity contribution >= 4 is 5.82 Å². The van der Waals surface area contributed by atoms with Crippen LogP contribution in [0.25, 0.3) is 0 Å². The molecule has 2 aromatic heterocycles. The molecule has 0 aromatic carbocycles. The molecule has 0 amide bonds. The molecule has 0 spiro atoms. The van der Waals surface area contributed by atoms with Crippen molar-refractivity contribution in [3.05, 3.63) is 29.3 Å². The van der Waals surface area contributed by atoms with Crippen molar-refractivity contribution in [2.45, 2.75) is 40.2 Å². The minimum absolute atomic E-state index is 0.304. The van der Waals surface area contributed by atoms with Gasteiger partial charge in [0, 0.05) is 24.6 Å². The van der Waals surface area contributed by atoms with Crippen molar-refractivity contribution < 1.29 is 4.52 Å². The van der Waals surface area contributed by atoms with Crippen molar-refractivity contribution in [2.75, 3.05) is 5.32 Å². The van der Waals surface area contributed by atoms with Crippen LogP contribution in [0.1, 0.15) is 43.0 Å². The summed E-state index contributed by atoms with van der Waals surface area (Å²) in [5.74, 6) is 3.11. The molecule has 0 bridgehead atoms. The lowest BCUT2D eigenvalue weighted by molar-refractivity contribution is 0.388. The summed E-state index contributed by atoms with van der Waals surface area (Å²) >= 11 is 0. The van der Waals surface area contributed by atoms with E-state index in [0.717, 1.165) is 17.3 Å². The minimum atomic E-state index is 0.304. The maximum atomic E-state index is 4.90. The number of nitrogens with one attached hydrogen (secondary N) is 1. The Bertz CT molecular complexity index is 535. The number of aryl methyl sites for hydroxylation is 2. The van der Waals surface area contributed by atoms with E-state index in [-0.39, 0.29) is 0 Å². The third kappa shape index (κ3) is 3.03. The van der Waals surface area contributed by atoms with Gasteiger partial charge in [-0.1, -0.05) is 19.0 Å². The van der Waals surface area contributed by atoms with E-state index in [4.69, 9.17) is 4.52 Å². The highest BCUT2D eigenvalue weighted by molar-refractivity contribution is 5.36. The molecule has 0 saturated carbocycles. The van der Waals surface area contributed by atoms with Crippen LogP contribution in [0.2, 0.25) is 0 Å². The third-order valence-corrected chi connectivity index (χ3v) is 2.39. The molecule has 0 atom stereocenters. The zero-order valence-electron chi connectivity index (χ0n) is 11.1. The van der Waals surface area contributed by atoms with Gasteiger partial charge in [0.15, 0.2) is 5.82 Å². The normalized spacial score (nSPS) is 10.9. The molecule has 0 aliphatic carbocycles. The highest BCUT2D eigenvalue weighted by atomic mass is 16.5. The fourth-order valence-corrected chi connectivity index (χ4v) is 1.52. The van der Waals surface area contributed by atoms with Crippen LogP contribution in [0.15, 0.2) is 10.6 Å². The Kier molecular flexibility index (Phi) is 3.55. The van der Waals surface area contributed by atoms with Gasteiger partial charge in [0.1, 0.15) is 11.6 Å². The van der Waals surface area contributed by atoms with Gasteiger partial charge in [-0.3, -0.25) is 0 Å². The quantitative estimate of drug-likeness (QED) is 0.892. The molecule has 96 valence electrons. The first-order valence-electron chi connectivity index (χ1n) is 5.93. The van der Waals surface area contributed by atoms with E-state index in [1.165, 1.54) is 0 Å². The summed E-state index contributed by atoms with van der Waals surface area (Å²) in [4.78, 5) is 13.0. The van der Waals surface area contributed by atoms with Crippen molar-refractivity contribution in [1.29, 1.82) is 0 Å². The Hall–Kier alpha value is -1.98. The summed E-state index contributed by atoms with van der Waals surface area (Å²) in [7, 11) is 0. The van der Waals surface area contributed by atoms with Gasteiger partial charge in [-0.2, -0.15) is 4.98 Å². The molecule has 2 aromatic rings. The topological polar surface area (TPSA) is 76.7 Å². The maximum absolute atomic E-state index is 4.90. The second-order valence-electron chi connectivity index (χ2n) is 4.49. The molecule has 18 heavy (non-hydrogen) atoms. The average Bonchev–Trinajstić information content (AvgIpc) is 2.72. The second kappa shape index (κ2) is 5.12. The van der Waals surface area contributed by atoms with Crippen LogP contribution in [0, 0.1) is 13.8 Å². The summed E-state index contributed by atoms with van der Waals surface area (Å²) in [6, 6.07) is 1.90. The number of hydrogen-bond donors (Lipinski definition) is 1. The predicted octanol–water partition coefficient (Wildman–Crippen LogP) is 2.21. The molecular weight excluding hydrogens is 230 g/mol. The largest absolute Gasteiger partial charge is 0.363 e. The van der Waals surface area contributed by atoms with E-state index >= 15 is 0 Å². The Morgan fingerprint density at radius 1 is 1.22 bits per heavy atom. The number of hydrogen-bond acceptors (Lipinski definition) is 6. The monoisotopic (exact) mass is 247 g/mol. The smallest absolute Gasteiger partial charge is 0.223 e. The van der Waals surface area contributed by atoms with Crippen molar-refractivity contribution in [1.82, 2.24) is 20.1 Å². The molecule has 0 radical (unpaired) electrons. The van der Waals surface area contributed by atoms with Gasteiger partial charge in [-0.15, -0.1) is 0 Å². The molecular formula is C12H17N5O. The number of aromatic nitrogens is 4. The van der Waals surface area contributed by atoms with Crippen molar-refractivity contribution in [3.63, 3.8) is 0 Å². The molecule has 0 unspecified atom stereocenters. The lowest BCUT2D eigenvalue weighted by Crippen LogP contribution is -2.07. The summed E-state index contributed by atoms with van der Waals surface area (Å²) in [5.41, 5.74) is 0.945. The van der Waals surface area contributed by atoms with Gasteiger partial charge >= 0.3 is 0 Å². The molecule has 0 aliphatic rings. The van der Waals surface area contributed by atoms with Crippen LogP contribution in [-0.4, -0.2) is 20.1 Å². The summed E-state index contributed by atoms with van der Waals surface area (Å²) in [6.45, 7) is 8.35. The van der Waals surface area contributed by atoms with E-state index in [0.29, 0.717) is 24.2 Å². The van der Waals surface area contributed by atoms with Gasteiger partial charge in [0.05, 0.1) is 6.54 Å². The summed E-state index contributed by atoms with van der Waals surface area (Å²) in [5, 5.41) is 6.99. The lowest BCUT2D eigenvalue weighted by atomic mass is 10.2. The molecule has 0 saturated heterocycles. The van der Waals surface area contributed by atoms with Crippen LogP contribution in [0.3, 0.4) is 0 Å². The molecule has 6 heteroatoms. The summed E-state index contributed by atoms with van der Waals surface area (Å²) < 4.78 is 4.90. The van der Waals surface area contributed by atoms with E-state index in [1.807, 2.05) is 13.0 Å². The Balaban J connectivity index is 2.09. The Morgan fingerprint density at radius 3 is 2.61 bits per heavy atom. The lowest BCUT2D eigenvalue weighted by Gasteiger charge is -2.08. The van der Waals surface area contributed by atoms with Gasteiger partial charge in [-0.25, -0.2) is 9.97 Å². The SMILES string of the molecule is Cc1cc(NCc2noc(C)n2)nc(C(C)C)n1. The molecule has 6 nitrogen and oxygen atoms in total. The van der Waals surface area contributed by atoms with Crippen molar-refractivity contribution in [2.24, 2.45) is 0 Å². The summed E-state index contributed by atoms with van der Waals surface area (Å²) in [6.07, 6.45) is 0. The zero-order valence-corrected chi connectivity index (χ0v) is 11.1. The van der Waals surface area contributed by atoms with Gasteiger partial charge in [0.2, 0.25) is 5.89 Å². The molecule has 0 fully saturated rings. The van der Waals surface area contributed by atoms with Crippen LogP contribution in [0.4, 0.5) is 5.82 Å². The first-order valence-corrected chi connectivity index (χ1v) is 5.93. The van der Waals surface area contributed by atoms with Gasteiger partial charge in [-0.05, 0) is 6.92 Å². The second-order valence-corrected chi connectivity index (χ2v) is 4.49. The van der Waals surface area contributed by atoms with Crippen molar-refractivity contribution in [3.8, 4) is 0 Å². The first kappa shape index (κ1) is 12.5. The minimum Gasteiger partial charge on any atom is -0.363 e. The zero-order chi connectivity index (χ0) is 13.1. The molecule has 2 heterocycles. The van der Waals surface area contributed by atoms with E-state index < -0.39 is 0 Å².